The summed E-state index contributed by atoms with van der Waals surface area (Å²) in [5.74, 6) is 2.28. The van der Waals surface area contributed by atoms with E-state index in [2.05, 4.69) is 43.6 Å². The normalized spacial score (nSPS) is 11.4. The molecule has 0 aliphatic heterocycles. The van der Waals surface area contributed by atoms with E-state index in [4.69, 9.17) is 19.3 Å². The SMILES string of the molecule is CCc1ccc(COc2ccc(NC(=O)Nc3cc(C(C)(C)C)nn3-c3ccc(C)cc3)c3ccccc23)cc1NC(=O)CSCCOCCOC. The fourth-order valence-electron chi connectivity index (χ4n) is 5.51. The van der Waals surface area contributed by atoms with Gasteiger partial charge in [0.15, 0.2) is 0 Å². The summed E-state index contributed by atoms with van der Waals surface area (Å²) in [4.78, 5) is 26.2. The highest BCUT2D eigenvalue weighted by molar-refractivity contribution is 7.99. The molecule has 0 bridgehead atoms. The van der Waals surface area contributed by atoms with Gasteiger partial charge in [-0.1, -0.05) is 81.8 Å². The molecule has 0 aliphatic rings. The lowest BCUT2D eigenvalue weighted by Crippen LogP contribution is -2.21. The van der Waals surface area contributed by atoms with Gasteiger partial charge in [0.2, 0.25) is 5.91 Å². The predicted octanol–water partition coefficient (Wildman–Crippen LogP) is 8.75. The van der Waals surface area contributed by atoms with E-state index in [1.807, 2.05) is 91.9 Å². The fourth-order valence-corrected chi connectivity index (χ4v) is 6.15. The van der Waals surface area contributed by atoms with Crippen LogP contribution < -0.4 is 20.7 Å². The van der Waals surface area contributed by atoms with E-state index in [1.165, 1.54) is 11.8 Å². The number of carbonyl (C=O) groups excluding carboxylic acids is 2. The molecule has 0 saturated heterocycles. The zero-order valence-corrected chi connectivity index (χ0v) is 31.7. The third kappa shape index (κ3) is 10.4. The van der Waals surface area contributed by atoms with Crippen molar-refractivity contribution in [1.29, 1.82) is 0 Å². The van der Waals surface area contributed by atoms with Crippen LogP contribution >= 0.6 is 11.8 Å². The quantitative estimate of drug-likeness (QED) is 0.0873. The largest absolute Gasteiger partial charge is 0.488 e. The van der Waals surface area contributed by atoms with E-state index < -0.39 is 0 Å². The minimum Gasteiger partial charge on any atom is -0.488 e. The summed E-state index contributed by atoms with van der Waals surface area (Å²) in [5.41, 5.74) is 6.08. The Labute approximate surface area is 310 Å². The monoisotopic (exact) mass is 723 g/mol. The number of carbonyl (C=O) groups is 2. The minimum atomic E-state index is -0.382. The lowest BCUT2D eigenvalue weighted by molar-refractivity contribution is -0.113. The Morgan fingerprint density at radius 3 is 2.35 bits per heavy atom. The molecule has 0 radical (unpaired) electrons. The zero-order valence-electron chi connectivity index (χ0n) is 30.9. The Morgan fingerprint density at radius 1 is 0.846 bits per heavy atom. The molecule has 0 spiro atoms. The van der Waals surface area contributed by atoms with Crippen LogP contribution in [-0.4, -0.2) is 60.2 Å². The van der Waals surface area contributed by atoms with E-state index in [9.17, 15) is 9.59 Å². The zero-order chi connectivity index (χ0) is 37.1. The second-order valence-electron chi connectivity index (χ2n) is 13.5. The van der Waals surface area contributed by atoms with Crippen LogP contribution in [0.2, 0.25) is 0 Å². The van der Waals surface area contributed by atoms with Crippen LogP contribution in [0.15, 0.2) is 84.9 Å². The van der Waals surface area contributed by atoms with Gasteiger partial charge in [0.25, 0.3) is 0 Å². The Bertz CT molecular complexity index is 1970. The van der Waals surface area contributed by atoms with Crippen LogP contribution in [0.3, 0.4) is 0 Å². The van der Waals surface area contributed by atoms with Gasteiger partial charge in [-0.2, -0.15) is 5.10 Å². The number of rotatable bonds is 16. The topological polar surface area (TPSA) is 116 Å². The number of aryl methyl sites for hydroxylation is 2. The first-order valence-electron chi connectivity index (χ1n) is 17.5. The molecule has 1 heterocycles. The number of benzene rings is 4. The van der Waals surface area contributed by atoms with Gasteiger partial charge in [-0.05, 0) is 54.8 Å². The average Bonchev–Trinajstić information content (AvgIpc) is 3.55. The smallest absolute Gasteiger partial charge is 0.324 e. The molecular weight excluding hydrogens is 675 g/mol. The van der Waals surface area contributed by atoms with Crippen molar-refractivity contribution in [1.82, 2.24) is 9.78 Å². The molecule has 0 unspecified atom stereocenters. The Morgan fingerprint density at radius 2 is 1.62 bits per heavy atom. The maximum absolute atomic E-state index is 13.5. The number of nitrogens with one attached hydrogen (secondary N) is 3. The molecule has 5 rings (SSSR count). The van der Waals surface area contributed by atoms with E-state index in [0.29, 0.717) is 49.4 Å². The molecule has 10 nitrogen and oxygen atoms in total. The van der Waals surface area contributed by atoms with Crippen molar-refractivity contribution in [3.8, 4) is 11.4 Å². The molecule has 4 aromatic carbocycles. The second-order valence-corrected chi connectivity index (χ2v) is 14.6. The van der Waals surface area contributed by atoms with E-state index >= 15 is 0 Å². The van der Waals surface area contributed by atoms with Gasteiger partial charge in [-0.3, -0.25) is 10.1 Å². The number of hydrogen-bond acceptors (Lipinski definition) is 7. The molecule has 0 atom stereocenters. The highest BCUT2D eigenvalue weighted by Gasteiger charge is 2.22. The molecule has 1 aromatic heterocycles. The van der Waals surface area contributed by atoms with Crippen LogP contribution in [-0.2, 0) is 32.7 Å². The third-order valence-corrected chi connectivity index (χ3v) is 9.31. The van der Waals surface area contributed by atoms with Crippen LogP contribution in [0.5, 0.6) is 5.75 Å². The Kier molecular flexibility index (Phi) is 13.3. The summed E-state index contributed by atoms with van der Waals surface area (Å²) in [7, 11) is 1.64. The van der Waals surface area contributed by atoms with Gasteiger partial charge in [-0.25, -0.2) is 9.48 Å². The van der Waals surface area contributed by atoms with Gasteiger partial charge in [0.05, 0.1) is 42.6 Å². The van der Waals surface area contributed by atoms with Crippen molar-refractivity contribution in [2.45, 2.75) is 53.1 Å². The molecule has 3 amide bonds. The van der Waals surface area contributed by atoms with Crippen LogP contribution in [0, 0.1) is 6.92 Å². The van der Waals surface area contributed by atoms with Crippen molar-refractivity contribution in [3.63, 3.8) is 0 Å². The third-order valence-electron chi connectivity index (χ3n) is 8.39. The second kappa shape index (κ2) is 18.1. The van der Waals surface area contributed by atoms with Gasteiger partial charge >= 0.3 is 6.03 Å². The van der Waals surface area contributed by atoms with Crippen LogP contribution in [0.4, 0.5) is 22.0 Å². The summed E-state index contributed by atoms with van der Waals surface area (Å²) in [5, 5.41) is 15.7. The molecule has 274 valence electrons. The van der Waals surface area contributed by atoms with Crippen molar-refractivity contribution in [2.24, 2.45) is 0 Å². The number of urea groups is 1. The Balaban J connectivity index is 1.25. The first-order chi connectivity index (χ1) is 25.0. The number of hydrogen-bond donors (Lipinski definition) is 3. The Hall–Kier alpha value is -4.84. The molecule has 5 aromatic rings. The highest BCUT2D eigenvalue weighted by Crippen LogP contribution is 2.33. The number of amides is 3. The van der Waals surface area contributed by atoms with Crippen molar-refractivity contribution in [2.75, 3.05) is 54.4 Å². The average molecular weight is 724 g/mol. The maximum atomic E-state index is 13.5. The molecular formula is C41H49N5O5S. The van der Waals surface area contributed by atoms with Crippen molar-refractivity contribution >= 4 is 51.7 Å². The summed E-state index contributed by atoms with van der Waals surface area (Å²) in [6.07, 6.45) is 0.788. The number of nitrogens with zero attached hydrogens (tertiary/aromatic N) is 2. The summed E-state index contributed by atoms with van der Waals surface area (Å²) in [6.45, 7) is 12.4. The van der Waals surface area contributed by atoms with E-state index in [0.717, 1.165) is 56.7 Å². The number of fused-ring (bicyclic) bond motifs is 1. The van der Waals surface area contributed by atoms with Gasteiger partial charge in [0, 0.05) is 40.8 Å². The standard InChI is InChI=1S/C41H49N5O5S/c1-7-30-15-14-29(24-35(30)42-39(47)27-52-23-22-50-21-20-49-6)26-51-36-19-18-34(32-10-8-9-11-33(32)36)43-40(48)44-38-25-37(41(3,4)5)45-46(38)31-16-12-28(2)13-17-31/h8-19,24-25H,7,20-23,26-27H2,1-6H3,(H,42,47)(H2,43,44,48). The lowest BCUT2D eigenvalue weighted by Gasteiger charge is -2.16. The highest BCUT2D eigenvalue weighted by atomic mass is 32.2. The molecule has 0 saturated carbocycles. The van der Waals surface area contributed by atoms with Gasteiger partial charge < -0.3 is 24.8 Å². The molecule has 52 heavy (non-hydrogen) atoms. The minimum absolute atomic E-state index is 0.0537. The van der Waals surface area contributed by atoms with Crippen LogP contribution in [0.25, 0.3) is 16.5 Å². The maximum Gasteiger partial charge on any atom is 0.324 e. The number of methoxy groups -OCH3 is 1. The first-order valence-corrected chi connectivity index (χ1v) is 18.7. The molecule has 0 aliphatic carbocycles. The number of thioether (sulfide) groups is 1. The molecule has 0 fully saturated rings. The molecule has 11 heteroatoms. The number of aromatic nitrogens is 2. The first kappa shape index (κ1) is 38.4. The number of anilines is 3. The van der Waals surface area contributed by atoms with Crippen molar-refractivity contribution < 1.29 is 23.8 Å². The summed E-state index contributed by atoms with van der Waals surface area (Å²) >= 11 is 1.53. The lowest BCUT2D eigenvalue weighted by atomic mass is 9.92. The number of ether oxygens (including phenoxy) is 3. The van der Waals surface area contributed by atoms with Crippen LogP contribution in [0.1, 0.15) is 50.1 Å². The van der Waals surface area contributed by atoms with Gasteiger partial charge in [0.1, 0.15) is 18.2 Å². The predicted molar refractivity (Wildman–Crippen MR) is 212 cm³/mol. The van der Waals surface area contributed by atoms with Crippen molar-refractivity contribution in [3.05, 3.63) is 107 Å². The fraction of sp³-hybridized carbons (Fsp3) is 0.341. The van der Waals surface area contributed by atoms with E-state index in [1.54, 1.807) is 11.8 Å². The summed E-state index contributed by atoms with van der Waals surface area (Å²) < 4.78 is 18.6. The van der Waals surface area contributed by atoms with E-state index in [-0.39, 0.29) is 17.4 Å². The van der Waals surface area contributed by atoms with Gasteiger partial charge in [-0.15, -0.1) is 11.8 Å². The molecule has 3 N–H and O–H groups in total. The summed E-state index contributed by atoms with van der Waals surface area (Å²) in [6, 6.07) is 27.1.